The first-order chi connectivity index (χ1) is 10.1. The minimum Gasteiger partial charge on any atom is -0.342 e. The molecule has 21 heavy (non-hydrogen) atoms. The molecule has 4 heteroatoms. The molecule has 2 heterocycles. The number of nitrogens with zero attached hydrogens (tertiary/aromatic N) is 3. The third-order valence-electron chi connectivity index (χ3n) is 4.27. The van der Waals surface area contributed by atoms with Crippen LogP contribution in [-0.2, 0) is 11.3 Å². The Morgan fingerprint density at radius 1 is 1.33 bits per heavy atom. The lowest BCUT2D eigenvalue weighted by atomic mass is 10.1. The van der Waals surface area contributed by atoms with Crippen LogP contribution in [0.2, 0.25) is 0 Å². The quantitative estimate of drug-likeness (QED) is 0.868. The number of aryl methyl sites for hydroxylation is 1. The number of amides is 1. The van der Waals surface area contributed by atoms with Gasteiger partial charge in [0.15, 0.2) is 0 Å². The molecule has 2 aromatic rings. The van der Waals surface area contributed by atoms with Crippen LogP contribution in [0.4, 0.5) is 0 Å². The highest BCUT2D eigenvalue weighted by Gasteiger charge is 2.28. The van der Waals surface area contributed by atoms with Crippen LogP contribution >= 0.6 is 0 Å². The van der Waals surface area contributed by atoms with E-state index in [1.54, 1.807) is 6.92 Å². The first-order valence-electron chi connectivity index (χ1n) is 7.46. The lowest BCUT2D eigenvalue weighted by Gasteiger charge is -2.16. The average molecular weight is 283 g/mol. The Bertz CT molecular complexity index is 633. The molecule has 0 bridgehead atoms. The van der Waals surface area contributed by atoms with Crippen molar-refractivity contribution in [2.45, 2.75) is 32.7 Å². The largest absolute Gasteiger partial charge is 0.342 e. The van der Waals surface area contributed by atoms with Gasteiger partial charge in [-0.3, -0.25) is 4.79 Å². The van der Waals surface area contributed by atoms with Crippen LogP contribution < -0.4 is 0 Å². The molecule has 1 fully saturated rings. The molecule has 1 amide bonds. The molecule has 4 nitrogen and oxygen atoms in total. The van der Waals surface area contributed by atoms with Gasteiger partial charge in [-0.2, -0.15) is 0 Å². The third kappa shape index (κ3) is 2.84. The van der Waals surface area contributed by atoms with Crippen molar-refractivity contribution in [3.63, 3.8) is 0 Å². The van der Waals surface area contributed by atoms with E-state index in [2.05, 4.69) is 40.7 Å². The summed E-state index contributed by atoms with van der Waals surface area (Å²) in [4.78, 5) is 18.0. The lowest BCUT2D eigenvalue weighted by molar-refractivity contribution is -0.127. The van der Waals surface area contributed by atoms with E-state index in [0.717, 1.165) is 31.9 Å². The van der Waals surface area contributed by atoms with Gasteiger partial charge in [-0.25, -0.2) is 4.98 Å². The Morgan fingerprint density at radius 2 is 2.10 bits per heavy atom. The normalized spacial score (nSPS) is 18.2. The summed E-state index contributed by atoms with van der Waals surface area (Å²) in [6.45, 7) is 6.22. The standard InChI is InChI=1S/C17H21N3O/c1-13-10-18-17(16-8-9-19(12-16)14(2)21)20(13)11-15-6-4-3-5-7-15/h3-7,10,16H,8-9,11-12H2,1-2H3. The molecule has 0 radical (unpaired) electrons. The number of aromatic nitrogens is 2. The van der Waals surface area contributed by atoms with Gasteiger partial charge in [0.25, 0.3) is 0 Å². The summed E-state index contributed by atoms with van der Waals surface area (Å²) in [5.41, 5.74) is 2.45. The van der Waals surface area contributed by atoms with Gasteiger partial charge in [-0.05, 0) is 18.9 Å². The summed E-state index contributed by atoms with van der Waals surface area (Å²) in [5.74, 6) is 1.63. The number of hydrogen-bond acceptors (Lipinski definition) is 2. The van der Waals surface area contributed by atoms with Crippen LogP contribution in [0, 0.1) is 6.92 Å². The van der Waals surface area contributed by atoms with Crippen LogP contribution in [-0.4, -0.2) is 33.4 Å². The van der Waals surface area contributed by atoms with Gasteiger partial charge in [0.2, 0.25) is 5.91 Å². The zero-order valence-corrected chi connectivity index (χ0v) is 12.6. The Kier molecular flexibility index (Phi) is 3.78. The SMILES string of the molecule is CC(=O)N1CCC(c2ncc(C)n2Cc2ccccc2)C1. The molecule has 0 spiro atoms. The summed E-state index contributed by atoms with van der Waals surface area (Å²) in [6, 6.07) is 10.4. The summed E-state index contributed by atoms with van der Waals surface area (Å²) in [5, 5.41) is 0. The van der Waals surface area contributed by atoms with Crippen molar-refractivity contribution >= 4 is 5.91 Å². The second-order valence-electron chi connectivity index (χ2n) is 5.78. The van der Waals surface area contributed by atoms with Crippen molar-refractivity contribution in [3.8, 4) is 0 Å². The van der Waals surface area contributed by atoms with Crippen molar-refractivity contribution in [3.05, 3.63) is 53.6 Å². The minimum atomic E-state index is 0.162. The topological polar surface area (TPSA) is 38.1 Å². The maximum atomic E-state index is 11.5. The van der Waals surface area contributed by atoms with Crippen molar-refractivity contribution in [1.29, 1.82) is 0 Å². The second-order valence-corrected chi connectivity index (χ2v) is 5.78. The average Bonchev–Trinajstić information content (AvgIpc) is 3.08. The molecule has 1 saturated heterocycles. The predicted molar refractivity (Wildman–Crippen MR) is 82.1 cm³/mol. The highest BCUT2D eigenvalue weighted by Crippen LogP contribution is 2.27. The Hall–Kier alpha value is -2.10. The number of carbonyl (C=O) groups excluding carboxylic acids is 1. The van der Waals surface area contributed by atoms with Gasteiger partial charge in [0.1, 0.15) is 5.82 Å². The number of rotatable bonds is 3. The second kappa shape index (κ2) is 5.72. The zero-order chi connectivity index (χ0) is 14.8. The molecule has 110 valence electrons. The van der Waals surface area contributed by atoms with Gasteiger partial charge in [-0.15, -0.1) is 0 Å². The van der Waals surface area contributed by atoms with Crippen LogP contribution in [0.25, 0.3) is 0 Å². The zero-order valence-electron chi connectivity index (χ0n) is 12.6. The molecular weight excluding hydrogens is 262 g/mol. The maximum absolute atomic E-state index is 11.5. The fraction of sp³-hybridized carbons (Fsp3) is 0.412. The molecule has 1 aliphatic heterocycles. The van der Waals surface area contributed by atoms with Crippen LogP contribution in [0.1, 0.15) is 36.3 Å². The van der Waals surface area contributed by atoms with Crippen molar-refractivity contribution < 1.29 is 4.79 Å². The summed E-state index contributed by atoms with van der Waals surface area (Å²) in [7, 11) is 0. The number of hydrogen-bond donors (Lipinski definition) is 0. The van der Waals surface area contributed by atoms with Crippen molar-refractivity contribution in [2.75, 3.05) is 13.1 Å². The fourth-order valence-corrected chi connectivity index (χ4v) is 3.03. The Morgan fingerprint density at radius 3 is 2.76 bits per heavy atom. The molecule has 3 rings (SSSR count). The molecule has 0 N–H and O–H groups in total. The molecule has 1 aliphatic rings. The van der Waals surface area contributed by atoms with E-state index in [0.29, 0.717) is 5.92 Å². The van der Waals surface area contributed by atoms with Gasteiger partial charge in [0.05, 0.1) is 0 Å². The molecule has 0 aliphatic carbocycles. The molecule has 0 saturated carbocycles. The molecule has 1 aromatic heterocycles. The van der Waals surface area contributed by atoms with Gasteiger partial charge >= 0.3 is 0 Å². The fourth-order valence-electron chi connectivity index (χ4n) is 3.03. The summed E-state index contributed by atoms with van der Waals surface area (Å²) >= 11 is 0. The molecule has 1 aromatic carbocycles. The number of carbonyl (C=O) groups is 1. The van der Waals surface area contributed by atoms with E-state index in [1.165, 1.54) is 11.3 Å². The van der Waals surface area contributed by atoms with Gasteiger partial charge in [-0.1, -0.05) is 30.3 Å². The third-order valence-corrected chi connectivity index (χ3v) is 4.27. The van der Waals surface area contributed by atoms with Crippen LogP contribution in [0.15, 0.2) is 36.5 Å². The van der Waals surface area contributed by atoms with Crippen molar-refractivity contribution in [1.82, 2.24) is 14.5 Å². The highest BCUT2D eigenvalue weighted by molar-refractivity contribution is 5.73. The molecular formula is C17H21N3O. The predicted octanol–water partition coefficient (Wildman–Crippen LogP) is 2.58. The van der Waals surface area contributed by atoms with Crippen LogP contribution in [0.3, 0.4) is 0 Å². The van der Waals surface area contributed by atoms with E-state index in [-0.39, 0.29) is 5.91 Å². The summed E-state index contributed by atoms with van der Waals surface area (Å²) in [6.07, 6.45) is 2.94. The molecule has 1 atom stereocenters. The summed E-state index contributed by atoms with van der Waals surface area (Å²) < 4.78 is 2.28. The Labute approximate surface area is 125 Å². The number of benzene rings is 1. The van der Waals surface area contributed by atoms with Crippen LogP contribution in [0.5, 0.6) is 0 Å². The van der Waals surface area contributed by atoms with E-state index in [1.807, 2.05) is 17.2 Å². The van der Waals surface area contributed by atoms with E-state index >= 15 is 0 Å². The van der Waals surface area contributed by atoms with Crippen molar-refractivity contribution in [2.24, 2.45) is 0 Å². The minimum absolute atomic E-state index is 0.162. The monoisotopic (exact) mass is 283 g/mol. The number of imidazole rings is 1. The number of likely N-dealkylation sites (tertiary alicyclic amines) is 1. The van der Waals surface area contributed by atoms with Gasteiger partial charge in [0, 0.05) is 44.4 Å². The van der Waals surface area contributed by atoms with E-state index in [9.17, 15) is 4.79 Å². The van der Waals surface area contributed by atoms with E-state index in [4.69, 9.17) is 0 Å². The van der Waals surface area contributed by atoms with E-state index < -0.39 is 0 Å². The first-order valence-corrected chi connectivity index (χ1v) is 7.46. The van der Waals surface area contributed by atoms with Gasteiger partial charge < -0.3 is 9.47 Å². The maximum Gasteiger partial charge on any atom is 0.219 e. The Balaban J connectivity index is 1.83. The molecule has 1 unspecified atom stereocenters. The first kappa shape index (κ1) is 13.9. The highest BCUT2D eigenvalue weighted by atomic mass is 16.2. The smallest absolute Gasteiger partial charge is 0.219 e. The lowest BCUT2D eigenvalue weighted by Crippen LogP contribution is -2.26.